The fraction of sp³-hybridized carbons (Fsp3) is 0.222. The van der Waals surface area contributed by atoms with Crippen LogP contribution in [0, 0.1) is 6.92 Å². The molecule has 20 heavy (non-hydrogen) atoms. The summed E-state index contributed by atoms with van der Waals surface area (Å²) in [6.45, 7) is 4.25. The van der Waals surface area contributed by atoms with Gasteiger partial charge in [0, 0.05) is 17.0 Å². The van der Waals surface area contributed by atoms with Crippen LogP contribution in [0.15, 0.2) is 52.9 Å². The third-order valence-electron chi connectivity index (χ3n) is 3.78. The van der Waals surface area contributed by atoms with Gasteiger partial charge in [-0.05, 0) is 50.7 Å². The summed E-state index contributed by atoms with van der Waals surface area (Å²) in [5.74, 6) is 0.927. The van der Waals surface area contributed by atoms with Crippen LogP contribution in [0.2, 0.25) is 0 Å². The van der Waals surface area contributed by atoms with Gasteiger partial charge in [-0.1, -0.05) is 29.8 Å². The number of fused-ring (bicyclic) bond motifs is 1. The van der Waals surface area contributed by atoms with Crippen LogP contribution >= 0.6 is 0 Å². The molecule has 0 radical (unpaired) electrons. The number of aryl methyl sites for hydroxylation is 1. The maximum Gasteiger partial charge on any atom is 0.135 e. The van der Waals surface area contributed by atoms with Gasteiger partial charge in [0.05, 0.1) is 0 Å². The molecule has 3 aromatic rings. The van der Waals surface area contributed by atoms with Gasteiger partial charge in [-0.2, -0.15) is 0 Å². The molecule has 1 heterocycles. The lowest BCUT2D eigenvalue weighted by Gasteiger charge is -2.11. The highest BCUT2D eigenvalue weighted by molar-refractivity contribution is 5.83. The van der Waals surface area contributed by atoms with Crippen molar-refractivity contribution in [2.24, 2.45) is 0 Å². The number of benzene rings is 2. The van der Waals surface area contributed by atoms with Gasteiger partial charge in [-0.25, -0.2) is 0 Å². The lowest BCUT2D eigenvalue weighted by Crippen LogP contribution is -2.11. The number of nitrogens with one attached hydrogen (secondary N) is 1. The van der Waals surface area contributed by atoms with Crippen molar-refractivity contribution in [1.29, 1.82) is 0 Å². The molecular weight excluding hydrogens is 246 g/mol. The normalized spacial score (nSPS) is 12.8. The fourth-order valence-corrected chi connectivity index (χ4v) is 2.43. The molecule has 0 aliphatic rings. The van der Waals surface area contributed by atoms with Crippen LogP contribution in [0.5, 0.6) is 0 Å². The van der Waals surface area contributed by atoms with Crippen LogP contribution in [-0.4, -0.2) is 7.05 Å². The van der Waals surface area contributed by atoms with Gasteiger partial charge in [0.25, 0.3) is 0 Å². The monoisotopic (exact) mass is 265 g/mol. The van der Waals surface area contributed by atoms with Crippen LogP contribution < -0.4 is 5.32 Å². The van der Waals surface area contributed by atoms with Crippen molar-refractivity contribution >= 4 is 11.0 Å². The van der Waals surface area contributed by atoms with Crippen LogP contribution in [0.1, 0.15) is 24.1 Å². The highest BCUT2D eigenvalue weighted by Gasteiger charge is 2.09. The third kappa shape index (κ3) is 2.35. The Morgan fingerprint density at radius 1 is 1.05 bits per heavy atom. The largest absolute Gasteiger partial charge is 0.456 e. The molecule has 0 aliphatic heterocycles. The van der Waals surface area contributed by atoms with Gasteiger partial charge in [0.2, 0.25) is 0 Å². The van der Waals surface area contributed by atoms with Gasteiger partial charge in [-0.3, -0.25) is 0 Å². The van der Waals surface area contributed by atoms with Gasteiger partial charge in [0.1, 0.15) is 11.3 Å². The number of hydrogen-bond donors (Lipinski definition) is 1. The van der Waals surface area contributed by atoms with Crippen LogP contribution in [-0.2, 0) is 0 Å². The second kappa shape index (κ2) is 5.14. The molecule has 0 bridgehead atoms. The Kier molecular flexibility index (Phi) is 3.33. The smallest absolute Gasteiger partial charge is 0.135 e. The van der Waals surface area contributed by atoms with Crippen molar-refractivity contribution in [3.05, 3.63) is 59.7 Å². The molecule has 0 saturated carbocycles. The van der Waals surface area contributed by atoms with E-state index in [9.17, 15) is 0 Å². The lowest BCUT2D eigenvalue weighted by molar-refractivity contribution is 0.629. The van der Waals surface area contributed by atoms with Crippen LogP contribution in [0.3, 0.4) is 0 Å². The quantitative estimate of drug-likeness (QED) is 0.743. The molecule has 102 valence electrons. The Hall–Kier alpha value is -2.06. The van der Waals surface area contributed by atoms with Crippen molar-refractivity contribution in [2.45, 2.75) is 19.9 Å². The molecule has 0 amide bonds. The maximum absolute atomic E-state index is 5.96. The third-order valence-corrected chi connectivity index (χ3v) is 3.78. The zero-order valence-corrected chi connectivity index (χ0v) is 12.1. The first-order chi connectivity index (χ1) is 9.67. The minimum Gasteiger partial charge on any atom is -0.456 e. The molecule has 0 fully saturated rings. The fourth-order valence-electron chi connectivity index (χ4n) is 2.43. The van der Waals surface area contributed by atoms with Gasteiger partial charge < -0.3 is 9.73 Å². The van der Waals surface area contributed by atoms with E-state index in [1.54, 1.807) is 0 Å². The first-order valence-electron chi connectivity index (χ1n) is 6.95. The topological polar surface area (TPSA) is 25.2 Å². The Balaban J connectivity index is 2.06. The molecule has 1 unspecified atom stereocenters. The number of hydrogen-bond acceptors (Lipinski definition) is 2. The summed E-state index contributed by atoms with van der Waals surface area (Å²) in [5.41, 5.74) is 4.58. The van der Waals surface area contributed by atoms with Gasteiger partial charge >= 0.3 is 0 Å². The van der Waals surface area contributed by atoms with E-state index in [-0.39, 0.29) is 0 Å². The highest BCUT2D eigenvalue weighted by atomic mass is 16.3. The van der Waals surface area contributed by atoms with E-state index in [1.807, 2.05) is 13.1 Å². The molecule has 1 N–H and O–H groups in total. The van der Waals surface area contributed by atoms with Crippen molar-refractivity contribution in [3.8, 4) is 11.3 Å². The summed E-state index contributed by atoms with van der Waals surface area (Å²) < 4.78 is 5.96. The summed E-state index contributed by atoms with van der Waals surface area (Å²) in [4.78, 5) is 0. The predicted octanol–water partition coefficient (Wildman–Crippen LogP) is 4.69. The molecule has 2 nitrogen and oxygen atoms in total. The van der Waals surface area contributed by atoms with E-state index >= 15 is 0 Å². The van der Waals surface area contributed by atoms with E-state index in [4.69, 9.17) is 4.42 Å². The van der Waals surface area contributed by atoms with Crippen molar-refractivity contribution in [1.82, 2.24) is 5.32 Å². The number of rotatable bonds is 3. The second-order valence-corrected chi connectivity index (χ2v) is 5.29. The molecule has 0 spiro atoms. The molecule has 0 aliphatic carbocycles. The minimum absolute atomic E-state index is 0.335. The summed E-state index contributed by atoms with van der Waals surface area (Å²) in [6, 6.07) is 17.2. The minimum atomic E-state index is 0.335. The Morgan fingerprint density at radius 3 is 2.70 bits per heavy atom. The molecule has 2 aromatic carbocycles. The Morgan fingerprint density at radius 2 is 1.90 bits per heavy atom. The Bertz CT molecular complexity index is 742. The summed E-state index contributed by atoms with van der Waals surface area (Å²) >= 11 is 0. The average Bonchev–Trinajstić information content (AvgIpc) is 2.89. The van der Waals surface area contributed by atoms with E-state index in [2.05, 4.69) is 61.6 Å². The van der Waals surface area contributed by atoms with E-state index in [0.29, 0.717) is 6.04 Å². The highest BCUT2D eigenvalue weighted by Crippen LogP contribution is 2.29. The zero-order valence-electron chi connectivity index (χ0n) is 12.1. The Labute approximate surface area is 119 Å². The standard InChI is InChI=1S/C18H19NO/c1-12-7-8-17-16(9-12)11-18(20-17)15-6-4-5-14(10-15)13(2)19-3/h4-11,13,19H,1-3H3. The first-order valence-corrected chi connectivity index (χ1v) is 6.95. The zero-order chi connectivity index (χ0) is 14.1. The lowest BCUT2D eigenvalue weighted by atomic mass is 10.0. The summed E-state index contributed by atoms with van der Waals surface area (Å²) in [5, 5.41) is 4.42. The molecule has 2 heteroatoms. The van der Waals surface area contributed by atoms with E-state index < -0.39 is 0 Å². The maximum atomic E-state index is 5.96. The van der Waals surface area contributed by atoms with Gasteiger partial charge in [-0.15, -0.1) is 0 Å². The van der Waals surface area contributed by atoms with Gasteiger partial charge in [0.15, 0.2) is 0 Å². The van der Waals surface area contributed by atoms with Crippen molar-refractivity contribution in [3.63, 3.8) is 0 Å². The number of furan rings is 1. The molecular formula is C18H19NO. The van der Waals surface area contributed by atoms with E-state index in [1.165, 1.54) is 11.1 Å². The predicted molar refractivity (Wildman–Crippen MR) is 83.9 cm³/mol. The van der Waals surface area contributed by atoms with Crippen molar-refractivity contribution < 1.29 is 4.42 Å². The van der Waals surface area contributed by atoms with Crippen LogP contribution in [0.25, 0.3) is 22.3 Å². The van der Waals surface area contributed by atoms with E-state index in [0.717, 1.165) is 22.3 Å². The summed E-state index contributed by atoms with van der Waals surface area (Å²) in [7, 11) is 1.97. The SMILES string of the molecule is CNC(C)c1cccc(-c2cc3cc(C)ccc3o2)c1. The summed E-state index contributed by atoms with van der Waals surface area (Å²) in [6.07, 6.45) is 0. The molecule has 0 saturated heterocycles. The molecule has 3 rings (SSSR count). The van der Waals surface area contributed by atoms with Crippen LogP contribution in [0.4, 0.5) is 0 Å². The molecule has 1 aromatic heterocycles. The second-order valence-electron chi connectivity index (χ2n) is 5.29. The molecule has 1 atom stereocenters. The average molecular weight is 265 g/mol. The first kappa shape index (κ1) is 12.9. The van der Waals surface area contributed by atoms with Crippen molar-refractivity contribution in [2.75, 3.05) is 7.05 Å².